The zero-order valence-corrected chi connectivity index (χ0v) is 25.1. The summed E-state index contributed by atoms with van der Waals surface area (Å²) >= 11 is 0. The van der Waals surface area contributed by atoms with Gasteiger partial charge in [0.05, 0.1) is 39.3 Å². The van der Waals surface area contributed by atoms with Crippen LogP contribution in [0, 0.1) is 0 Å². The van der Waals surface area contributed by atoms with E-state index < -0.39 is 61.2 Å². The van der Waals surface area contributed by atoms with Crippen molar-refractivity contribution in [1.29, 1.82) is 0 Å². The Kier molecular flexibility index (Phi) is 18.2. The highest BCUT2D eigenvalue weighted by Crippen LogP contribution is 2.02. The summed E-state index contributed by atoms with van der Waals surface area (Å²) in [7, 11) is 0. The zero-order valence-electron chi connectivity index (χ0n) is 25.1. The molecule has 6 N–H and O–H groups in total. The molecular weight excluding hydrogens is 586 g/mol. The van der Waals surface area contributed by atoms with Crippen molar-refractivity contribution >= 4 is 41.6 Å². The quantitative estimate of drug-likeness (QED) is 0.0909. The Balaban J connectivity index is 2.78. The fourth-order valence-electron chi connectivity index (χ4n) is 4.38. The number of rotatable bonds is 17. The van der Waals surface area contributed by atoms with Gasteiger partial charge in [-0.05, 0) is 6.42 Å². The molecule has 1 fully saturated rings. The predicted octanol–water partition coefficient (Wildman–Crippen LogP) is -3.59. The average molecular weight is 632 g/mol. The Morgan fingerprint density at radius 1 is 0.568 bits per heavy atom. The summed E-state index contributed by atoms with van der Waals surface area (Å²) in [4.78, 5) is 90.1. The maximum Gasteiger partial charge on any atom is 0.323 e. The van der Waals surface area contributed by atoms with Gasteiger partial charge in [-0.2, -0.15) is 0 Å². The Morgan fingerprint density at radius 3 is 1.32 bits per heavy atom. The third-order valence-corrected chi connectivity index (χ3v) is 6.72. The van der Waals surface area contributed by atoms with Gasteiger partial charge in [0.1, 0.15) is 6.54 Å². The van der Waals surface area contributed by atoms with E-state index in [4.69, 9.17) is 5.11 Å². The van der Waals surface area contributed by atoms with Gasteiger partial charge in [0.2, 0.25) is 17.7 Å². The highest BCUT2D eigenvalue weighted by molar-refractivity contribution is 5.89. The summed E-state index contributed by atoms with van der Waals surface area (Å²) in [5.41, 5.74) is 0. The van der Waals surface area contributed by atoms with Crippen molar-refractivity contribution in [2.45, 2.75) is 19.8 Å². The molecule has 1 aliphatic rings. The molecule has 1 rings (SSSR count). The number of hydrogen-bond acceptors (Lipinski definition) is 11. The van der Waals surface area contributed by atoms with Crippen molar-refractivity contribution in [2.75, 3.05) is 105 Å². The van der Waals surface area contributed by atoms with Crippen LogP contribution in [-0.2, 0) is 33.6 Å². The van der Waals surface area contributed by atoms with E-state index in [1.54, 1.807) is 19.6 Å². The monoisotopic (exact) mass is 631 g/mol. The van der Waals surface area contributed by atoms with Gasteiger partial charge in [-0.15, -0.1) is 0 Å². The van der Waals surface area contributed by atoms with Gasteiger partial charge in [-0.1, -0.05) is 13.3 Å². The third kappa shape index (κ3) is 17.9. The van der Waals surface area contributed by atoms with Gasteiger partial charge in [0.15, 0.2) is 0 Å². The molecule has 0 spiro atoms. The van der Waals surface area contributed by atoms with Gasteiger partial charge < -0.3 is 36.0 Å². The van der Waals surface area contributed by atoms with E-state index >= 15 is 0 Å². The van der Waals surface area contributed by atoms with E-state index in [1.807, 2.05) is 6.92 Å². The number of amides is 3. The molecule has 3 amide bonds. The van der Waals surface area contributed by atoms with Crippen LogP contribution in [0.5, 0.6) is 0 Å². The highest BCUT2D eigenvalue weighted by Gasteiger charge is 2.22. The summed E-state index contributed by atoms with van der Waals surface area (Å²) in [6, 6.07) is 0. The molecular formula is C26H45N7O11. The first kappa shape index (κ1) is 38.2. The summed E-state index contributed by atoms with van der Waals surface area (Å²) in [5.74, 6) is -6.13. The Hall–Kier alpha value is -3.87. The molecule has 18 heteroatoms. The first-order chi connectivity index (χ1) is 20.8. The number of hydrogen-bond donors (Lipinski definition) is 6. The Bertz CT molecular complexity index is 965. The predicted molar refractivity (Wildman–Crippen MR) is 154 cm³/mol. The molecule has 0 saturated carbocycles. The van der Waals surface area contributed by atoms with Crippen LogP contribution in [0.1, 0.15) is 19.8 Å². The molecule has 0 aliphatic carbocycles. The zero-order chi connectivity index (χ0) is 33.1. The number of carboxylic acids is 4. The lowest BCUT2D eigenvalue weighted by Crippen LogP contribution is -2.50. The first-order valence-electron chi connectivity index (χ1n) is 14.4. The summed E-state index contributed by atoms with van der Waals surface area (Å²) in [5, 5.41) is 41.7. The van der Waals surface area contributed by atoms with Crippen LogP contribution in [0.2, 0.25) is 0 Å². The minimum atomic E-state index is -1.17. The molecule has 1 saturated heterocycles. The first-order valence-corrected chi connectivity index (χ1v) is 14.4. The summed E-state index contributed by atoms with van der Waals surface area (Å²) in [6.45, 7) is 1.59. The van der Waals surface area contributed by atoms with Crippen LogP contribution < -0.4 is 10.6 Å². The van der Waals surface area contributed by atoms with E-state index in [-0.39, 0.29) is 85.1 Å². The fourth-order valence-corrected chi connectivity index (χ4v) is 4.38. The molecule has 1 heterocycles. The number of aliphatic carboxylic acids is 4. The third-order valence-electron chi connectivity index (χ3n) is 6.72. The lowest BCUT2D eigenvalue weighted by atomic mass is 10.3. The van der Waals surface area contributed by atoms with Crippen molar-refractivity contribution < 1.29 is 54.0 Å². The van der Waals surface area contributed by atoms with Gasteiger partial charge in [-0.25, -0.2) is 0 Å². The lowest BCUT2D eigenvalue weighted by molar-refractivity contribution is -0.144. The van der Waals surface area contributed by atoms with E-state index in [9.17, 15) is 48.9 Å². The van der Waals surface area contributed by atoms with Crippen molar-refractivity contribution in [3.63, 3.8) is 0 Å². The molecule has 0 aromatic carbocycles. The molecule has 0 atom stereocenters. The Labute approximate surface area is 255 Å². The lowest BCUT2D eigenvalue weighted by Gasteiger charge is -2.32. The van der Waals surface area contributed by atoms with Crippen molar-refractivity contribution in [3.8, 4) is 0 Å². The normalized spacial score (nSPS) is 16.2. The second-order valence-electron chi connectivity index (χ2n) is 10.4. The molecule has 0 aromatic heterocycles. The van der Waals surface area contributed by atoms with Crippen LogP contribution in [0.25, 0.3) is 0 Å². The van der Waals surface area contributed by atoms with Crippen molar-refractivity contribution in [2.24, 2.45) is 0 Å². The van der Waals surface area contributed by atoms with Crippen molar-refractivity contribution in [1.82, 2.24) is 35.1 Å². The van der Waals surface area contributed by atoms with Gasteiger partial charge in [0, 0.05) is 58.9 Å². The summed E-state index contributed by atoms with van der Waals surface area (Å²) < 4.78 is 0. The van der Waals surface area contributed by atoms with Crippen LogP contribution in [0.15, 0.2) is 0 Å². The second kappa shape index (κ2) is 20.9. The van der Waals surface area contributed by atoms with E-state index in [0.29, 0.717) is 6.42 Å². The molecule has 250 valence electrons. The summed E-state index contributed by atoms with van der Waals surface area (Å²) in [6.07, 6.45) is 1.35. The molecule has 0 bridgehead atoms. The number of carbonyl (C=O) groups excluding carboxylic acids is 3. The maximum atomic E-state index is 12.7. The minimum Gasteiger partial charge on any atom is -0.480 e. The van der Waals surface area contributed by atoms with Crippen LogP contribution in [-0.4, -0.2) is 191 Å². The number of carboxylic acid groups (broad SMARTS) is 4. The van der Waals surface area contributed by atoms with Gasteiger partial charge in [-0.3, -0.25) is 53.2 Å². The van der Waals surface area contributed by atoms with E-state index in [0.717, 1.165) is 11.3 Å². The van der Waals surface area contributed by atoms with Crippen LogP contribution in [0.4, 0.5) is 0 Å². The van der Waals surface area contributed by atoms with E-state index in [2.05, 4.69) is 10.6 Å². The molecule has 0 radical (unpaired) electrons. The van der Waals surface area contributed by atoms with Crippen molar-refractivity contribution in [3.05, 3.63) is 0 Å². The smallest absolute Gasteiger partial charge is 0.323 e. The Morgan fingerprint density at radius 2 is 0.955 bits per heavy atom. The van der Waals surface area contributed by atoms with Gasteiger partial charge >= 0.3 is 23.9 Å². The van der Waals surface area contributed by atoms with Crippen LogP contribution >= 0.6 is 0 Å². The number of unbranched alkanes of at least 4 members (excludes halogenated alkanes) is 1. The van der Waals surface area contributed by atoms with Crippen LogP contribution in [0.3, 0.4) is 0 Å². The topological polar surface area (TPSA) is 241 Å². The average Bonchev–Trinajstić information content (AvgIpc) is 2.93. The maximum absolute atomic E-state index is 12.7. The number of nitrogens with one attached hydrogen (secondary N) is 2. The standard InChI is InChI=1S/C26H45N7O11/c1-2-3-4-33(19-26(43)44)22(36)14-28-20(34)13-27-21(35)15-29-5-7-30(16-23(37)38)9-11-32(18-25(41)42)12-10-31(8-6-29)17-24(39)40/h2-19H2,1H3,(H,27,35)(H,28,34)(H,37,38)(H,39,40)(H,41,42)(H,43,44). The molecule has 0 unspecified atom stereocenters. The fraction of sp³-hybridized carbons (Fsp3) is 0.731. The highest BCUT2D eigenvalue weighted by atomic mass is 16.4. The van der Waals surface area contributed by atoms with E-state index in [1.165, 1.54) is 0 Å². The number of carbonyl (C=O) groups is 7. The molecule has 44 heavy (non-hydrogen) atoms. The largest absolute Gasteiger partial charge is 0.480 e. The van der Waals surface area contributed by atoms with Gasteiger partial charge in [0.25, 0.3) is 0 Å². The number of nitrogens with zero attached hydrogens (tertiary/aromatic N) is 5. The molecule has 18 nitrogen and oxygen atoms in total. The SMILES string of the molecule is CCCCN(CC(=O)O)C(=O)CNC(=O)CNC(=O)CN1CCN(CC(=O)O)CCN(CC(=O)O)CCN(CC(=O)O)CC1. The second-order valence-corrected chi connectivity index (χ2v) is 10.4. The molecule has 0 aromatic rings. The molecule has 1 aliphatic heterocycles. The minimum absolute atomic E-state index is 0.178.